The molecule has 5 nitrogen and oxygen atoms in total. The van der Waals surface area contributed by atoms with Crippen molar-refractivity contribution in [3.05, 3.63) is 68.6 Å². The standard InChI is InChI=1S/C19H17Cl2N3O2S/c1-2-12-3-5-16(6-4-12)26-8-7-17-23-24-19(27-17)22-18(25)13-9-14(20)11-15(21)10-13/h3-6,9-11H,2,7-8H2,1H3,(H,22,24,25). The summed E-state index contributed by atoms with van der Waals surface area (Å²) in [6, 6.07) is 12.7. The van der Waals surface area contributed by atoms with Crippen LogP contribution in [0.2, 0.25) is 10.0 Å². The van der Waals surface area contributed by atoms with Crippen LogP contribution in [-0.4, -0.2) is 22.7 Å². The van der Waals surface area contributed by atoms with Crippen molar-refractivity contribution in [1.29, 1.82) is 0 Å². The summed E-state index contributed by atoms with van der Waals surface area (Å²) in [5, 5.41) is 12.8. The Hall–Kier alpha value is -2.15. The summed E-state index contributed by atoms with van der Waals surface area (Å²) in [4.78, 5) is 12.3. The van der Waals surface area contributed by atoms with Crippen molar-refractivity contribution in [3.63, 3.8) is 0 Å². The van der Waals surface area contributed by atoms with Crippen LogP contribution in [0.15, 0.2) is 42.5 Å². The molecule has 0 spiro atoms. The third kappa shape index (κ3) is 5.66. The van der Waals surface area contributed by atoms with Crippen LogP contribution in [0.1, 0.15) is 27.9 Å². The van der Waals surface area contributed by atoms with E-state index >= 15 is 0 Å². The van der Waals surface area contributed by atoms with Gasteiger partial charge in [0.15, 0.2) is 0 Å². The highest BCUT2D eigenvalue weighted by molar-refractivity contribution is 7.15. The van der Waals surface area contributed by atoms with E-state index in [-0.39, 0.29) is 5.91 Å². The molecule has 3 aromatic rings. The van der Waals surface area contributed by atoms with Crippen molar-refractivity contribution in [1.82, 2.24) is 10.2 Å². The maximum Gasteiger partial charge on any atom is 0.257 e. The lowest BCUT2D eigenvalue weighted by molar-refractivity contribution is 0.102. The number of halogens is 2. The number of rotatable bonds is 7. The monoisotopic (exact) mass is 421 g/mol. The van der Waals surface area contributed by atoms with E-state index in [0.29, 0.717) is 33.8 Å². The molecule has 8 heteroatoms. The summed E-state index contributed by atoms with van der Waals surface area (Å²) in [6.45, 7) is 2.60. The van der Waals surface area contributed by atoms with Crippen molar-refractivity contribution in [3.8, 4) is 5.75 Å². The van der Waals surface area contributed by atoms with Gasteiger partial charge in [-0.05, 0) is 42.3 Å². The molecular formula is C19H17Cl2N3O2S. The number of carbonyl (C=O) groups excluding carboxylic acids is 1. The minimum atomic E-state index is -0.339. The molecule has 27 heavy (non-hydrogen) atoms. The number of benzene rings is 2. The number of aryl methyl sites for hydroxylation is 1. The normalized spacial score (nSPS) is 10.6. The Morgan fingerprint density at radius 3 is 2.48 bits per heavy atom. The first-order valence-electron chi connectivity index (χ1n) is 8.35. The summed E-state index contributed by atoms with van der Waals surface area (Å²) in [5.74, 6) is 0.484. The maximum absolute atomic E-state index is 12.3. The average molecular weight is 422 g/mol. The lowest BCUT2D eigenvalue weighted by Gasteiger charge is -2.05. The number of nitrogens with one attached hydrogen (secondary N) is 1. The molecule has 0 unspecified atom stereocenters. The van der Waals surface area contributed by atoms with Crippen LogP contribution in [0, 0.1) is 0 Å². The molecule has 0 aliphatic heterocycles. The Kier molecular flexibility index (Phi) is 6.66. The number of aromatic nitrogens is 2. The molecule has 140 valence electrons. The first-order chi connectivity index (χ1) is 13.0. The van der Waals surface area contributed by atoms with Crippen LogP contribution in [0.25, 0.3) is 0 Å². The number of nitrogens with zero attached hydrogens (tertiary/aromatic N) is 2. The van der Waals surface area contributed by atoms with Gasteiger partial charge in [0.2, 0.25) is 5.13 Å². The van der Waals surface area contributed by atoms with Gasteiger partial charge in [-0.15, -0.1) is 10.2 Å². The third-order valence-corrected chi connectivity index (χ3v) is 5.06. The lowest BCUT2D eigenvalue weighted by atomic mass is 10.2. The summed E-state index contributed by atoms with van der Waals surface area (Å²) in [6.07, 6.45) is 1.60. The van der Waals surface area contributed by atoms with E-state index < -0.39 is 0 Å². The van der Waals surface area contributed by atoms with E-state index in [9.17, 15) is 4.79 Å². The number of hydrogen-bond acceptors (Lipinski definition) is 5. The average Bonchev–Trinajstić information content (AvgIpc) is 3.08. The van der Waals surface area contributed by atoms with E-state index in [4.69, 9.17) is 27.9 Å². The molecule has 1 N–H and O–H groups in total. The zero-order valence-corrected chi connectivity index (χ0v) is 16.9. The molecule has 0 aliphatic carbocycles. The topological polar surface area (TPSA) is 64.1 Å². The number of hydrogen-bond donors (Lipinski definition) is 1. The molecule has 2 aromatic carbocycles. The predicted molar refractivity (Wildman–Crippen MR) is 109 cm³/mol. The molecule has 0 radical (unpaired) electrons. The van der Waals surface area contributed by atoms with E-state index in [0.717, 1.165) is 17.2 Å². The van der Waals surface area contributed by atoms with Gasteiger partial charge in [-0.1, -0.05) is 53.6 Å². The van der Waals surface area contributed by atoms with E-state index in [2.05, 4.69) is 34.6 Å². The Morgan fingerprint density at radius 2 is 1.81 bits per heavy atom. The Morgan fingerprint density at radius 1 is 1.11 bits per heavy atom. The first kappa shape index (κ1) is 19.6. The van der Waals surface area contributed by atoms with Crippen LogP contribution < -0.4 is 10.1 Å². The Balaban J connectivity index is 1.52. The fourth-order valence-corrected chi connectivity index (χ4v) is 3.58. The second kappa shape index (κ2) is 9.17. The van der Waals surface area contributed by atoms with Crippen LogP contribution in [-0.2, 0) is 12.8 Å². The molecular weight excluding hydrogens is 405 g/mol. The number of amides is 1. The highest BCUT2D eigenvalue weighted by atomic mass is 35.5. The second-order valence-corrected chi connectivity index (χ2v) is 7.64. The van der Waals surface area contributed by atoms with Gasteiger partial charge < -0.3 is 4.74 Å². The van der Waals surface area contributed by atoms with E-state index in [1.54, 1.807) is 18.2 Å². The Labute approximate surface area is 171 Å². The molecule has 0 bridgehead atoms. The van der Waals surface area contributed by atoms with Crippen LogP contribution in [0.4, 0.5) is 5.13 Å². The van der Waals surface area contributed by atoms with Gasteiger partial charge >= 0.3 is 0 Å². The molecule has 1 amide bonds. The number of carbonyl (C=O) groups is 1. The van der Waals surface area contributed by atoms with Gasteiger partial charge in [0.05, 0.1) is 6.61 Å². The highest BCUT2D eigenvalue weighted by Crippen LogP contribution is 2.22. The summed E-state index contributed by atoms with van der Waals surface area (Å²) >= 11 is 13.1. The molecule has 1 heterocycles. The summed E-state index contributed by atoms with van der Waals surface area (Å²) in [7, 11) is 0. The lowest BCUT2D eigenvalue weighted by Crippen LogP contribution is -2.11. The smallest absolute Gasteiger partial charge is 0.257 e. The van der Waals surface area contributed by atoms with Gasteiger partial charge in [-0.25, -0.2) is 0 Å². The zero-order valence-electron chi connectivity index (χ0n) is 14.5. The molecule has 1 aromatic heterocycles. The van der Waals surface area contributed by atoms with Gasteiger partial charge in [-0.2, -0.15) is 0 Å². The van der Waals surface area contributed by atoms with Gasteiger partial charge in [0, 0.05) is 22.0 Å². The van der Waals surface area contributed by atoms with Crippen molar-refractivity contribution < 1.29 is 9.53 Å². The fourth-order valence-electron chi connectivity index (χ4n) is 2.34. The summed E-state index contributed by atoms with van der Waals surface area (Å²) < 4.78 is 5.72. The predicted octanol–water partition coefficient (Wildman–Crippen LogP) is 5.28. The maximum atomic E-state index is 12.3. The third-order valence-electron chi connectivity index (χ3n) is 3.73. The minimum absolute atomic E-state index is 0.339. The highest BCUT2D eigenvalue weighted by Gasteiger charge is 2.12. The molecule has 0 saturated heterocycles. The van der Waals surface area contributed by atoms with Crippen molar-refractivity contribution in [2.75, 3.05) is 11.9 Å². The fraction of sp³-hybridized carbons (Fsp3) is 0.211. The molecule has 0 saturated carbocycles. The van der Waals surface area contributed by atoms with Crippen molar-refractivity contribution in [2.24, 2.45) is 0 Å². The minimum Gasteiger partial charge on any atom is -0.493 e. The molecule has 0 aliphatic rings. The van der Waals surface area contributed by atoms with Gasteiger partial charge in [0.25, 0.3) is 5.91 Å². The van der Waals surface area contributed by atoms with Crippen molar-refractivity contribution >= 4 is 45.6 Å². The van der Waals surface area contributed by atoms with Crippen LogP contribution in [0.3, 0.4) is 0 Å². The molecule has 0 atom stereocenters. The second-order valence-electron chi connectivity index (χ2n) is 5.71. The van der Waals surface area contributed by atoms with E-state index in [1.807, 2.05) is 12.1 Å². The molecule has 3 rings (SSSR count). The quantitative estimate of drug-likeness (QED) is 0.563. The first-order valence-corrected chi connectivity index (χ1v) is 9.92. The number of ether oxygens (including phenoxy) is 1. The van der Waals surface area contributed by atoms with Crippen molar-refractivity contribution in [2.45, 2.75) is 19.8 Å². The van der Waals surface area contributed by atoms with Crippen LogP contribution in [0.5, 0.6) is 5.75 Å². The van der Waals surface area contributed by atoms with E-state index in [1.165, 1.54) is 16.9 Å². The summed E-state index contributed by atoms with van der Waals surface area (Å²) in [5.41, 5.74) is 1.64. The SMILES string of the molecule is CCc1ccc(OCCc2nnc(NC(=O)c3cc(Cl)cc(Cl)c3)s2)cc1. The largest absolute Gasteiger partial charge is 0.493 e. The Bertz CT molecular complexity index is 909. The zero-order chi connectivity index (χ0) is 19.2. The molecule has 0 fully saturated rings. The van der Waals surface area contributed by atoms with Gasteiger partial charge in [0.1, 0.15) is 10.8 Å². The van der Waals surface area contributed by atoms with Gasteiger partial charge in [-0.3, -0.25) is 10.1 Å². The number of anilines is 1. The van der Waals surface area contributed by atoms with Crippen LogP contribution >= 0.6 is 34.5 Å².